The van der Waals surface area contributed by atoms with E-state index < -0.39 is 39.3 Å². The van der Waals surface area contributed by atoms with Gasteiger partial charge in [0.2, 0.25) is 11.8 Å². The molecular formula is C32H37FN4O7S. The van der Waals surface area contributed by atoms with E-state index in [2.05, 4.69) is 5.32 Å². The molecule has 0 spiro atoms. The Hall–Kier alpha value is -4.52. The zero-order valence-electron chi connectivity index (χ0n) is 25.4. The highest BCUT2D eigenvalue weighted by Crippen LogP contribution is 2.29. The second kappa shape index (κ2) is 14.5. The van der Waals surface area contributed by atoms with E-state index in [9.17, 15) is 32.5 Å². The summed E-state index contributed by atoms with van der Waals surface area (Å²) in [6, 6.07) is 13.9. The molecule has 1 atom stereocenters. The fraction of sp³-hybridized carbons (Fsp3) is 0.375. The average molecular weight is 641 g/mol. The van der Waals surface area contributed by atoms with Crippen molar-refractivity contribution in [3.63, 3.8) is 0 Å². The van der Waals surface area contributed by atoms with Gasteiger partial charge in [-0.1, -0.05) is 37.5 Å². The molecule has 1 aliphatic carbocycles. The van der Waals surface area contributed by atoms with Crippen molar-refractivity contribution in [3.8, 4) is 5.75 Å². The highest BCUT2D eigenvalue weighted by atomic mass is 32.2. The number of ether oxygens (including phenoxy) is 1. The minimum absolute atomic E-state index is 0.0232. The van der Waals surface area contributed by atoms with E-state index in [1.807, 2.05) is 0 Å². The quantitative estimate of drug-likeness (QED) is 0.214. The van der Waals surface area contributed by atoms with Crippen molar-refractivity contribution in [1.29, 1.82) is 0 Å². The Balaban J connectivity index is 1.72. The number of rotatable bonds is 12. The third-order valence-electron chi connectivity index (χ3n) is 7.99. The Kier molecular flexibility index (Phi) is 10.8. The van der Waals surface area contributed by atoms with Crippen LogP contribution in [0, 0.1) is 22.9 Å². The first-order chi connectivity index (χ1) is 21.4. The van der Waals surface area contributed by atoms with E-state index >= 15 is 0 Å². The van der Waals surface area contributed by atoms with Crippen LogP contribution in [-0.4, -0.2) is 55.8 Å². The van der Waals surface area contributed by atoms with E-state index in [1.54, 1.807) is 6.92 Å². The molecule has 0 saturated heterocycles. The Labute approximate surface area is 262 Å². The molecule has 2 amide bonds. The third-order valence-corrected chi connectivity index (χ3v) is 9.76. The summed E-state index contributed by atoms with van der Waals surface area (Å²) in [5.41, 5.74) is 0.529. The normalized spacial score (nSPS) is 14.3. The fourth-order valence-corrected chi connectivity index (χ4v) is 6.72. The molecule has 11 nitrogen and oxygen atoms in total. The van der Waals surface area contributed by atoms with Crippen LogP contribution < -0.4 is 14.4 Å². The number of hydrogen-bond donors (Lipinski definition) is 1. The van der Waals surface area contributed by atoms with Crippen molar-refractivity contribution >= 4 is 33.2 Å². The number of nitrogens with one attached hydrogen (secondary N) is 1. The van der Waals surface area contributed by atoms with E-state index in [4.69, 9.17) is 4.74 Å². The number of carbonyl (C=O) groups excluding carboxylic acids is 2. The van der Waals surface area contributed by atoms with Gasteiger partial charge >= 0.3 is 0 Å². The smallest absolute Gasteiger partial charge is 0.273 e. The van der Waals surface area contributed by atoms with Gasteiger partial charge in [0.1, 0.15) is 24.2 Å². The molecular weight excluding hydrogens is 603 g/mol. The van der Waals surface area contributed by atoms with Gasteiger partial charge in [-0.2, -0.15) is 0 Å². The monoisotopic (exact) mass is 640 g/mol. The highest BCUT2D eigenvalue weighted by molar-refractivity contribution is 7.92. The van der Waals surface area contributed by atoms with E-state index in [0.29, 0.717) is 11.3 Å². The zero-order valence-corrected chi connectivity index (χ0v) is 26.3. The SMILES string of the molecule is COc1ccc(N(CC(=O)N(Cc2ccc(F)cc2)[C@@H](C)C(=O)NC2CCCCC2)S(=O)(=O)c2ccc(C)c([N+](=O)[O-])c2)cc1. The highest BCUT2D eigenvalue weighted by Gasteiger charge is 2.34. The van der Waals surface area contributed by atoms with Crippen LogP contribution in [0.15, 0.2) is 71.6 Å². The molecule has 1 fully saturated rings. The van der Waals surface area contributed by atoms with E-state index in [0.717, 1.165) is 42.5 Å². The molecule has 0 unspecified atom stereocenters. The Morgan fingerprint density at radius 1 is 1.04 bits per heavy atom. The van der Waals surface area contributed by atoms with Crippen molar-refractivity contribution in [2.24, 2.45) is 0 Å². The zero-order chi connectivity index (χ0) is 32.7. The molecule has 13 heteroatoms. The first-order valence-corrected chi connectivity index (χ1v) is 16.1. The molecule has 3 aromatic rings. The number of halogens is 1. The van der Waals surface area contributed by atoms with Gasteiger partial charge in [0.05, 0.1) is 22.6 Å². The van der Waals surface area contributed by atoms with Gasteiger partial charge in [-0.05, 0) is 74.7 Å². The lowest BCUT2D eigenvalue weighted by Gasteiger charge is -2.33. The van der Waals surface area contributed by atoms with Crippen LogP contribution in [-0.2, 0) is 26.2 Å². The standard InChI is InChI=1S/C32H37FN4O7S/c1-22-9-18-29(19-30(22)37(40)41)45(42,43)36(27-14-16-28(44-3)17-15-27)21-31(38)35(20-24-10-12-25(33)13-11-24)23(2)32(39)34-26-7-5-4-6-8-26/h9-19,23,26H,4-8,20-21H2,1-3H3,(H,34,39)/t23-/m0/s1. The molecule has 3 aromatic carbocycles. The lowest BCUT2D eigenvalue weighted by atomic mass is 9.95. The predicted octanol–water partition coefficient (Wildman–Crippen LogP) is 5.11. The molecule has 4 rings (SSSR count). The van der Waals surface area contributed by atoms with Gasteiger partial charge in [-0.25, -0.2) is 12.8 Å². The third kappa shape index (κ3) is 8.15. The fourth-order valence-electron chi connectivity index (χ4n) is 5.29. The molecule has 1 aliphatic rings. The molecule has 0 heterocycles. The topological polar surface area (TPSA) is 139 Å². The summed E-state index contributed by atoms with van der Waals surface area (Å²) >= 11 is 0. The number of benzene rings is 3. The maximum atomic E-state index is 14.1. The lowest BCUT2D eigenvalue weighted by molar-refractivity contribution is -0.385. The van der Waals surface area contributed by atoms with Gasteiger partial charge in [-0.3, -0.25) is 24.0 Å². The van der Waals surface area contributed by atoms with E-state index in [-0.39, 0.29) is 40.3 Å². The summed E-state index contributed by atoms with van der Waals surface area (Å²) in [5.74, 6) is -1.11. The minimum Gasteiger partial charge on any atom is -0.497 e. The number of nitrogens with zero attached hydrogens (tertiary/aromatic N) is 3. The number of sulfonamides is 1. The van der Waals surface area contributed by atoms with Crippen molar-refractivity contribution in [2.45, 2.75) is 69.5 Å². The van der Waals surface area contributed by atoms with E-state index in [1.165, 1.54) is 79.6 Å². The van der Waals surface area contributed by atoms with Crippen LogP contribution in [0.4, 0.5) is 15.8 Å². The largest absolute Gasteiger partial charge is 0.497 e. The summed E-state index contributed by atoms with van der Waals surface area (Å²) in [6.45, 7) is 2.24. The Morgan fingerprint density at radius 2 is 1.69 bits per heavy atom. The maximum absolute atomic E-state index is 14.1. The lowest BCUT2D eigenvalue weighted by Crippen LogP contribution is -2.53. The molecule has 0 bridgehead atoms. The van der Waals surface area contributed by atoms with Crippen molar-refractivity contribution < 1.29 is 32.1 Å². The summed E-state index contributed by atoms with van der Waals surface area (Å²) in [5, 5.41) is 14.6. The summed E-state index contributed by atoms with van der Waals surface area (Å²) < 4.78 is 47.9. The van der Waals surface area contributed by atoms with Gasteiger partial charge in [0.25, 0.3) is 15.7 Å². The van der Waals surface area contributed by atoms with Crippen LogP contribution in [0.1, 0.15) is 50.2 Å². The number of amides is 2. The van der Waals surface area contributed by atoms with Crippen LogP contribution in [0.3, 0.4) is 0 Å². The summed E-state index contributed by atoms with van der Waals surface area (Å²) in [7, 11) is -3.08. The van der Waals surface area contributed by atoms with Crippen molar-refractivity contribution in [3.05, 3.63) is 93.8 Å². The number of carbonyl (C=O) groups is 2. The van der Waals surface area contributed by atoms with Gasteiger partial charge in [-0.15, -0.1) is 0 Å². The number of hydrogen-bond acceptors (Lipinski definition) is 7. The maximum Gasteiger partial charge on any atom is 0.273 e. The van der Waals surface area contributed by atoms with Crippen LogP contribution >= 0.6 is 0 Å². The predicted molar refractivity (Wildman–Crippen MR) is 167 cm³/mol. The summed E-state index contributed by atoms with van der Waals surface area (Å²) in [4.78, 5) is 39.3. The molecule has 0 radical (unpaired) electrons. The second-order valence-corrected chi connectivity index (χ2v) is 12.9. The Morgan fingerprint density at radius 3 is 2.29 bits per heavy atom. The molecule has 0 aliphatic heterocycles. The number of anilines is 1. The van der Waals surface area contributed by atoms with Crippen LogP contribution in [0.5, 0.6) is 5.75 Å². The first kappa shape index (κ1) is 33.4. The molecule has 1 N–H and O–H groups in total. The molecule has 45 heavy (non-hydrogen) atoms. The molecule has 1 saturated carbocycles. The minimum atomic E-state index is -4.53. The Bertz CT molecular complexity index is 1630. The van der Waals surface area contributed by atoms with Crippen LogP contribution in [0.2, 0.25) is 0 Å². The number of nitro groups is 1. The first-order valence-electron chi connectivity index (χ1n) is 14.7. The van der Waals surface area contributed by atoms with Crippen molar-refractivity contribution in [2.75, 3.05) is 18.0 Å². The summed E-state index contributed by atoms with van der Waals surface area (Å²) in [6.07, 6.45) is 4.73. The number of methoxy groups -OCH3 is 1. The molecule has 0 aromatic heterocycles. The second-order valence-electron chi connectivity index (χ2n) is 11.1. The van der Waals surface area contributed by atoms with Gasteiger partial charge < -0.3 is 15.0 Å². The average Bonchev–Trinajstić information content (AvgIpc) is 3.03. The van der Waals surface area contributed by atoms with Gasteiger partial charge in [0.15, 0.2) is 0 Å². The molecule has 240 valence electrons. The number of aryl methyl sites for hydroxylation is 1. The number of nitro benzene ring substituents is 1. The van der Waals surface area contributed by atoms with Crippen molar-refractivity contribution in [1.82, 2.24) is 10.2 Å². The van der Waals surface area contributed by atoms with Gasteiger partial charge in [0, 0.05) is 24.2 Å². The van der Waals surface area contributed by atoms with Crippen LogP contribution in [0.25, 0.3) is 0 Å².